The van der Waals surface area contributed by atoms with Crippen LogP contribution in [0.4, 0.5) is 0 Å². The van der Waals surface area contributed by atoms with Gasteiger partial charge in [0.25, 0.3) is 0 Å². The van der Waals surface area contributed by atoms with Gasteiger partial charge in [-0.15, -0.1) is 11.6 Å². The molecular formula is C7H15ClO2S2. The Morgan fingerprint density at radius 1 is 1.00 bits per heavy atom. The normalized spacial score (nSPS) is 11.0. The van der Waals surface area contributed by atoms with Gasteiger partial charge in [0.1, 0.15) is 0 Å². The molecule has 0 aromatic rings. The van der Waals surface area contributed by atoms with Crippen molar-refractivity contribution in [3.05, 3.63) is 0 Å². The zero-order valence-electron chi connectivity index (χ0n) is 6.91. The molecule has 0 saturated heterocycles. The maximum atomic E-state index is 8.49. The van der Waals surface area contributed by atoms with Crippen LogP contribution in [0.2, 0.25) is 0 Å². The van der Waals surface area contributed by atoms with Gasteiger partial charge < -0.3 is 10.2 Å². The topological polar surface area (TPSA) is 40.5 Å². The second kappa shape index (κ2) is 9.99. The third-order valence-electron chi connectivity index (χ3n) is 1.07. The number of thioether (sulfide) groups is 2. The van der Waals surface area contributed by atoms with Gasteiger partial charge in [-0.25, -0.2) is 0 Å². The Morgan fingerprint density at radius 3 is 1.75 bits per heavy atom. The number of aliphatic hydroxyl groups is 2. The molecule has 74 valence electrons. The SMILES string of the molecule is OCCSCC(Cl)CSCCO. The molecule has 0 heterocycles. The van der Waals surface area contributed by atoms with Gasteiger partial charge in [0, 0.05) is 23.0 Å². The van der Waals surface area contributed by atoms with Crippen LogP contribution in [0.3, 0.4) is 0 Å². The molecule has 0 aliphatic rings. The number of alkyl halides is 1. The Hall–Kier alpha value is 0.910. The van der Waals surface area contributed by atoms with Crippen LogP contribution in [0, 0.1) is 0 Å². The maximum absolute atomic E-state index is 8.49. The van der Waals surface area contributed by atoms with Gasteiger partial charge in [-0.1, -0.05) is 0 Å². The zero-order valence-corrected chi connectivity index (χ0v) is 9.30. The molecule has 0 fully saturated rings. The van der Waals surface area contributed by atoms with Crippen LogP contribution >= 0.6 is 35.1 Å². The summed E-state index contributed by atoms with van der Waals surface area (Å²) in [7, 11) is 0. The highest BCUT2D eigenvalue weighted by Crippen LogP contribution is 2.13. The Kier molecular flexibility index (Phi) is 10.8. The third kappa shape index (κ3) is 9.00. The quantitative estimate of drug-likeness (QED) is 0.483. The predicted molar refractivity (Wildman–Crippen MR) is 58.5 cm³/mol. The molecule has 0 rings (SSSR count). The summed E-state index contributed by atoms with van der Waals surface area (Å²) in [6.07, 6.45) is 0. The lowest BCUT2D eigenvalue weighted by Gasteiger charge is -2.06. The van der Waals surface area contributed by atoms with Crippen molar-refractivity contribution in [2.75, 3.05) is 36.2 Å². The summed E-state index contributed by atoms with van der Waals surface area (Å²) >= 11 is 9.27. The van der Waals surface area contributed by atoms with Gasteiger partial charge in [0.15, 0.2) is 0 Å². The molecule has 0 bridgehead atoms. The molecule has 0 saturated carbocycles. The molecule has 0 aliphatic carbocycles. The molecule has 0 aromatic heterocycles. The molecule has 0 radical (unpaired) electrons. The minimum Gasteiger partial charge on any atom is -0.396 e. The molecule has 2 N–H and O–H groups in total. The molecule has 0 aromatic carbocycles. The van der Waals surface area contributed by atoms with E-state index in [-0.39, 0.29) is 18.6 Å². The van der Waals surface area contributed by atoms with E-state index in [2.05, 4.69) is 0 Å². The van der Waals surface area contributed by atoms with Crippen molar-refractivity contribution in [1.29, 1.82) is 0 Å². The van der Waals surface area contributed by atoms with Crippen LogP contribution in [0.25, 0.3) is 0 Å². The lowest BCUT2D eigenvalue weighted by molar-refractivity contribution is 0.322. The minimum absolute atomic E-state index is 0.151. The van der Waals surface area contributed by atoms with E-state index in [4.69, 9.17) is 21.8 Å². The zero-order chi connectivity index (χ0) is 9.23. The minimum atomic E-state index is 0.151. The fourth-order valence-corrected chi connectivity index (χ4v) is 2.62. The summed E-state index contributed by atoms with van der Waals surface area (Å²) in [5.41, 5.74) is 0. The Morgan fingerprint density at radius 2 is 1.42 bits per heavy atom. The summed E-state index contributed by atoms with van der Waals surface area (Å²) in [6.45, 7) is 0.441. The van der Waals surface area contributed by atoms with Gasteiger partial charge in [-0.05, 0) is 0 Å². The summed E-state index contributed by atoms with van der Waals surface area (Å²) in [6, 6.07) is 0. The van der Waals surface area contributed by atoms with Gasteiger partial charge in [0.05, 0.1) is 18.6 Å². The molecule has 0 amide bonds. The lowest BCUT2D eigenvalue weighted by Crippen LogP contribution is -2.08. The van der Waals surface area contributed by atoms with Crippen LogP contribution in [0.5, 0.6) is 0 Å². The lowest BCUT2D eigenvalue weighted by atomic mass is 10.6. The highest BCUT2D eigenvalue weighted by Gasteiger charge is 2.03. The average molecular weight is 231 g/mol. The molecule has 0 atom stereocenters. The van der Waals surface area contributed by atoms with Crippen molar-refractivity contribution in [3.63, 3.8) is 0 Å². The first-order valence-electron chi connectivity index (χ1n) is 3.82. The predicted octanol–water partition coefficient (Wildman–Crippen LogP) is 1.04. The highest BCUT2D eigenvalue weighted by atomic mass is 35.5. The number of hydrogen-bond acceptors (Lipinski definition) is 4. The molecule has 2 nitrogen and oxygen atoms in total. The smallest absolute Gasteiger partial charge is 0.0521 e. The highest BCUT2D eigenvalue weighted by molar-refractivity contribution is 8.00. The van der Waals surface area contributed by atoms with Crippen molar-refractivity contribution in [2.45, 2.75) is 5.38 Å². The largest absolute Gasteiger partial charge is 0.396 e. The fourth-order valence-electron chi connectivity index (χ4n) is 0.600. The first-order chi connectivity index (χ1) is 5.81. The van der Waals surface area contributed by atoms with E-state index in [9.17, 15) is 0 Å². The number of aliphatic hydroxyl groups excluding tert-OH is 2. The first kappa shape index (κ1) is 12.9. The van der Waals surface area contributed by atoms with Crippen molar-refractivity contribution in [2.24, 2.45) is 0 Å². The van der Waals surface area contributed by atoms with Crippen LogP contribution in [0.15, 0.2) is 0 Å². The number of rotatable bonds is 8. The van der Waals surface area contributed by atoms with Gasteiger partial charge in [-0.2, -0.15) is 23.5 Å². The van der Waals surface area contributed by atoms with Gasteiger partial charge in [0.2, 0.25) is 0 Å². The molecule has 0 unspecified atom stereocenters. The Balaban J connectivity index is 3.04. The van der Waals surface area contributed by atoms with Crippen molar-refractivity contribution < 1.29 is 10.2 Å². The van der Waals surface area contributed by atoms with Crippen LogP contribution in [0.1, 0.15) is 0 Å². The summed E-state index contributed by atoms with van der Waals surface area (Å²) in [4.78, 5) is 0. The third-order valence-corrected chi connectivity index (χ3v) is 3.96. The van der Waals surface area contributed by atoms with Crippen LogP contribution in [-0.2, 0) is 0 Å². The van der Waals surface area contributed by atoms with Gasteiger partial charge in [-0.3, -0.25) is 0 Å². The molecule has 0 aliphatic heterocycles. The maximum Gasteiger partial charge on any atom is 0.0521 e. The van der Waals surface area contributed by atoms with E-state index in [1.54, 1.807) is 23.5 Å². The summed E-state index contributed by atoms with van der Waals surface area (Å²) in [5, 5.41) is 17.1. The average Bonchev–Trinajstić information content (AvgIpc) is 2.06. The van der Waals surface area contributed by atoms with Gasteiger partial charge >= 0.3 is 0 Å². The summed E-state index contributed by atoms with van der Waals surface area (Å²) < 4.78 is 0. The molecule has 0 spiro atoms. The van der Waals surface area contributed by atoms with E-state index in [0.29, 0.717) is 0 Å². The monoisotopic (exact) mass is 230 g/mol. The number of halogens is 1. The second-order valence-electron chi connectivity index (χ2n) is 2.19. The summed E-state index contributed by atoms with van der Waals surface area (Å²) in [5.74, 6) is 3.27. The molecule has 5 heteroatoms. The van der Waals surface area contributed by atoms with Crippen molar-refractivity contribution >= 4 is 35.1 Å². The van der Waals surface area contributed by atoms with Crippen LogP contribution < -0.4 is 0 Å². The van der Waals surface area contributed by atoms with E-state index in [0.717, 1.165) is 23.0 Å². The van der Waals surface area contributed by atoms with E-state index in [1.807, 2.05) is 0 Å². The standard InChI is InChI=1S/C7H15ClO2S2/c8-7(5-11-3-1-9)6-12-4-2-10/h7,9-10H,1-6H2. The fraction of sp³-hybridized carbons (Fsp3) is 1.00. The Labute approximate surface area is 87.1 Å². The van der Waals surface area contributed by atoms with E-state index >= 15 is 0 Å². The number of hydrogen-bond donors (Lipinski definition) is 2. The molecule has 12 heavy (non-hydrogen) atoms. The van der Waals surface area contributed by atoms with E-state index < -0.39 is 0 Å². The van der Waals surface area contributed by atoms with E-state index in [1.165, 1.54) is 0 Å². The van der Waals surface area contributed by atoms with Crippen molar-refractivity contribution in [1.82, 2.24) is 0 Å². The second-order valence-corrected chi connectivity index (χ2v) is 5.11. The Bertz CT molecular complexity index is 85.5. The van der Waals surface area contributed by atoms with Crippen LogP contribution in [-0.4, -0.2) is 51.8 Å². The first-order valence-corrected chi connectivity index (χ1v) is 6.57. The molecular weight excluding hydrogens is 216 g/mol. The van der Waals surface area contributed by atoms with Crippen molar-refractivity contribution in [3.8, 4) is 0 Å².